The second-order valence-corrected chi connectivity index (χ2v) is 4.27. The number of nitrogens with zero attached hydrogens (tertiary/aromatic N) is 1. The number of nitrogens with one attached hydrogen (secondary N) is 1. The molecule has 6 nitrogen and oxygen atoms in total. The molecule has 0 aliphatic rings. The highest BCUT2D eigenvalue weighted by Crippen LogP contribution is 2.27. The molecule has 2 rings (SSSR count). The molecule has 3 N–H and O–H groups in total. The molecule has 106 valence electrons. The number of carbonyl (C=O) groups excluding carboxylic acids is 1. The first-order chi connectivity index (χ1) is 9.65. The quantitative estimate of drug-likeness (QED) is 0.491. The molecule has 0 unspecified atom stereocenters. The van der Waals surface area contributed by atoms with Gasteiger partial charge >= 0.3 is 5.91 Å². The van der Waals surface area contributed by atoms with E-state index in [2.05, 4.69) is 0 Å². The number of rotatable bonds is 5. The molecule has 0 bridgehead atoms. The predicted octanol–water partition coefficient (Wildman–Crippen LogP) is 1.53. The summed E-state index contributed by atoms with van der Waals surface area (Å²) in [4.78, 5) is 13.3. The number of para-hydroxylation sites is 2. The number of furan rings is 1. The summed E-state index contributed by atoms with van der Waals surface area (Å²) in [6.45, 7) is 0.512. The fourth-order valence-corrected chi connectivity index (χ4v) is 1.92. The summed E-state index contributed by atoms with van der Waals surface area (Å²) in [6, 6.07) is 11.0. The van der Waals surface area contributed by atoms with Gasteiger partial charge in [-0.15, -0.1) is 0 Å². The van der Waals surface area contributed by atoms with Gasteiger partial charge in [-0.2, -0.15) is 0 Å². The third-order valence-corrected chi connectivity index (χ3v) is 2.91. The molecule has 0 atom stereocenters. The minimum absolute atomic E-state index is 0.191. The van der Waals surface area contributed by atoms with Gasteiger partial charge in [-0.3, -0.25) is 10.2 Å². The number of nitrogens with two attached hydrogens (primary N) is 1. The second kappa shape index (κ2) is 6.12. The molecule has 0 radical (unpaired) electrons. The molecule has 0 saturated heterocycles. The molecule has 0 spiro atoms. The van der Waals surface area contributed by atoms with Crippen LogP contribution >= 0.6 is 0 Å². The summed E-state index contributed by atoms with van der Waals surface area (Å²) in [5, 5.41) is 0. The Morgan fingerprint density at radius 3 is 2.80 bits per heavy atom. The first-order valence-corrected chi connectivity index (χ1v) is 6.09. The lowest BCUT2D eigenvalue weighted by atomic mass is 10.2. The molecule has 2 aromatic rings. The Kier molecular flexibility index (Phi) is 4.27. The zero-order valence-electron chi connectivity index (χ0n) is 11.4. The summed E-state index contributed by atoms with van der Waals surface area (Å²) < 4.78 is 10.7. The van der Waals surface area contributed by atoms with Gasteiger partial charge < -0.3 is 14.1 Å². The van der Waals surface area contributed by atoms with Crippen molar-refractivity contribution in [3.8, 4) is 5.75 Å². The fraction of sp³-hybridized carbons (Fsp3) is 0.214. The molecule has 0 aliphatic carbocycles. The maximum atomic E-state index is 11.3. The molecule has 1 heterocycles. The van der Waals surface area contributed by atoms with Crippen LogP contribution in [0.15, 0.2) is 40.8 Å². The van der Waals surface area contributed by atoms with Gasteiger partial charge in [-0.25, -0.2) is 5.84 Å². The fourth-order valence-electron chi connectivity index (χ4n) is 1.92. The summed E-state index contributed by atoms with van der Waals surface area (Å²) in [7, 11) is 3.55. The second-order valence-electron chi connectivity index (χ2n) is 4.27. The van der Waals surface area contributed by atoms with Gasteiger partial charge in [0.05, 0.1) is 19.3 Å². The van der Waals surface area contributed by atoms with Crippen molar-refractivity contribution in [3.63, 3.8) is 0 Å². The lowest BCUT2D eigenvalue weighted by Crippen LogP contribution is -2.29. The summed E-state index contributed by atoms with van der Waals surface area (Å²) in [5.41, 5.74) is 2.97. The number of amides is 1. The van der Waals surface area contributed by atoms with Gasteiger partial charge in [0.1, 0.15) is 11.5 Å². The van der Waals surface area contributed by atoms with Crippen molar-refractivity contribution in [1.29, 1.82) is 0 Å². The van der Waals surface area contributed by atoms with Crippen molar-refractivity contribution in [3.05, 3.63) is 47.9 Å². The van der Waals surface area contributed by atoms with Crippen molar-refractivity contribution in [2.24, 2.45) is 5.84 Å². The highest BCUT2D eigenvalue weighted by Gasteiger charge is 2.13. The van der Waals surface area contributed by atoms with Crippen LogP contribution in [-0.4, -0.2) is 20.1 Å². The smallest absolute Gasteiger partial charge is 0.300 e. The number of anilines is 1. The van der Waals surface area contributed by atoms with E-state index in [-0.39, 0.29) is 5.76 Å². The normalized spacial score (nSPS) is 10.2. The molecule has 1 amide bonds. The van der Waals surface area contributed by atoms with Crippen LogP contribution in [0.2, 0.25) is 0 Å². The summed E-state index contributed by atoms with van der Waals surface area (Å²) >= 11 is 0. The Balaban J connectivity index is 2.13. The standard InChI is InChI=1S/C14H17N3O3/c1-17(11-5-3-4-6-12(11)19-2)9-10-7-8-13(20-10)14(18)16-15/h3-8H,9,15H2,1-2H3,(H,16,18). The molecule has 0 aliphatic heterocycles. The third-order valence-electron chi connectivity index (χ3n) is 2.91. The number of hydrogen-bond acceptors (Lipinski definition) is 5. The van der Waals surface area contributed by atoms with Crippen LogP contribution in [0.25, 0.3) is 0 Å². The Bertz CT molecular complexity index is 595. The Hall–Kier alpha value is -2.47. The molecular formula is C14H17N3O3. The van der Waals surface area contributed by atoms with Crippen molar-refractivity contribution in [2.75, 3.05) is 19.1 Å². The van der Waals surface area contributed by atoms with Gasteiger partial charge in [0.25, 0.3) is 0 Å². The van der Waals surface area contributed by atoms with Crippen molar-refractivity contribution in [1.82, 2.24) is 5.43 Å². The van der Waals surface area contributed by atoms with E-state index in [4.69, 9.17) is 15.0 Å². The van der Waals surface area contributed by atoms with Gasteiger partial charge in [-0.1, -0.05) is 12.1 Å². The monoisotopic (exact) mass is 275 g/mol. The number of hydrogen-bond donors (Lipinski definition) is 2. The molecular weight excluding hydrogens is 258 g/mol. The molecule has 1 aromatic heterocycles. The van der Waals surface area contributed by atoms with Crippen molar-refractivity contribution < 1.29 is 13.9 Å². The lowest BCUT2D eigenvalue weighted by Gasteiger charge is -2.20. The predicted molar refractivity (Wildman–Crippen MR) is 75.5 cm³/mol. The third kappa shape index (κ3) is 2.92. The SMILES string of the molecule is COc1ccccc1N(C)Cc1ccc(C(=O)NN)o1. The summed E-state index contributed by atoms with van der Waals surface area (Å²) in [5.74, 6) is 6.24. The first kappa shape index (κ1) is 14.0. The van der Waals surface area contributed by atoms with Crippen molar-refractivity contribution >= 4 is 11.6 Å². The van der Waals surface area contributed by atoms with Gasteiger partial charge in [0.15, 0.2) is 5.76 Å². The highest BCUT2D eigenvalue weighted by atomic mass is 16.5. The maximum Gasteiger partial charge on any atom is 0.300 e. The van der Waals surface area contributed by atoms with Crippen LogP contribution in [0, 0.1) is 0 Å². The average Bonchev–Trinajstić information content (AvgIpc) is 2.94. The van der Waals surface area contributed by atoms with Crippen LogP contribution in [0.5, 0.6) is 5.75 Å². The average molecular weight is 275 g/mol. The van der Waals surface area contributed by atoms with E-state index in [0.717, 1.165) is 11.4 Å². The largest absolute Gasteiger partial charge is 0.495 e. The minimum Gasteiger partial charge on any atom is -0.495 e. The van der Waals surface area contributed by atoms with Crippen LogP contribution in [0.3, 0.4) is 0 Å². The van der Waals surface area contributed by atoms with E-state index >= 15 is 0 Å². The van der Waals surface area contributed by atoms with Crippen LogP contribution in [-0.2, 0) is 6.54 Å². The first-order valence-electron chi connectivity index (χ1n) is 6.09. The number of ether oxygens (including phenoxy) is 1. The maximum absolute atomic E-state index is 11.3. The highest BCUT2D eigenvalue weighted by molar-refractivity contribution is 5.90. The van der Waals surface area contributed by atoms with Gasteiger partial charge in [-0.05, 0) is 24.3 Å². The van der Waals surface area contributed by atoms with Gasteiger partial charge in [0, 0.05) is 7.05 Å². The zero-order valence-corrected chi connectivity index (χ0v) is 11.4. The topological polar surface area (TPSA) is 80.7 Å². The zero-order chi connectivity index (χ0) is 14.5. The van der Waals surface area contributed by atoms with Crippen LogP contribution in [0.1, 0.15) is 16.3 Å². The van der Waals surface area contributed by atoms with E-state index in [1.54, 1.807) is 19.2 Å². The minimum atomic E-state index is -0.448. The van der Waals surface area contributed by atoms with Gasteiger partial charge in [0.2, 0.25) is 0 Å². The molecule has 0 saturated carbocycles. The van der Waals surface area contributed by atoms with E-state index in [1.807, 2.05) is 41.6 Å². The molecule has 0 fully saturated rings. The number of methoxy groups -OCH3 is 1. The Morgan fingerprint density at radius 2 is 2.10 bits per heavy atom. The molecule has 20 heavy (non-hydrogen) atoms. The molecule has 1 aromatic carbocycles. The van der Waals surface area contributed by atoms with E-state index in [1.165, 1.54) is 0 Å². The van der Waals surface area contributed by atoms with Crippen LogP contribution in [0.4, 0.5) is 5.69 Å². The van der Waals surface area contributed by atoms with E-state index in [0.29, 0.717) is 12.3 Å². The summed E-state index contributed by atoms with van der Waals surface area (Å²) in [6.07, 6.45) is 0. The van der Waals surface area contributed by atoms with E-state index < -0.39 is 5.91 Å². The number of hydrazine groups is 1. The Labute approximate surface area is 117 Å². The Morgan fingerprint density at radius 1 is 1.35 bits per heavy atom. The molecule has 6 heteroatoms. The number of carbonyl (C=O) groups is 1. The number of benzene rings is 1. The van der Waals surface area contributed by atoms with Crippen LogP contribution < -0.4 is 20.9 Å². The number of nitrogen functional groups attached to an aromatic ring is 1. The van der Waals surface area contributed by atoms with Crippen molar-refractivity contribution in [2.45, 2.75) is 6.54 Å². The lowest BCUT2D eigenvalue weighted by molar-refractivity contribution is 0.0924. The van der Waals surface area contributed by atoms with E-state index in [9.17, 15) is 4.79 Å².